The lowest BCUT2D eigenvalue weighted by atomic mass is 10.0. The second kappa shape index (κ2) is 7.30. The van der Waals surface area contributed by atoms with Gasteiger partial charge < -0.3 is 10.5 Å². The molecule has 0 aliphatic carbocycles. The van der Waals surface area contributed by atoms with Crippen molar-refractivity contribution in [1.82, 2.24) is 0 Å². The van der Waals surface area contributed by atoms with Gasteiger partial charge in [0.1, 0.15) is 11.5 Å². The lowest BCUT2D eigenvalue weighted by molar-refractivity contribution is 0.468. The summed E-state index contributed by atoms with van der Waals surface area (Å²) in [6, 6.07) is 11.8. The van der Waals surface area contributed by atoms with Crippen molar-refractivity contribution in [3.8, 4) is 11.5 Å². The summed E-state index contributed by atoms with van der Waals surface area (Å²) in [6.45, 7) is 4.09. The minimum absolute atomic E-state index is 0.0795. The highest BCUT2D eigenvalue weighted by Gasteiger charge is 2.13. The van der Waals surface area contributed by atoms with E-state index in [1.165, 1.54) is 0 Å². The summed E-state index contributed by atoms with van der Waals surface area (Å²) in [5.74, 6) is 1.59. The summed E-state index contributed by atoms with van der Waals surface area (Å²) >= 11 is 9.79. The van der Waals surface area contributed by atoms with Crippen LogP contribution >= 0.6 is 27.5 Å². The zero-order valence-corrected chi connectivity index (χ0v) is 14.5. The van der Waals surface area contributed by atoms with E-state index in [1.54, 1.807) is 0 Å². The predicted octanol–water partition coefficient (Wildman–Crippen LogP) is 5.48. The maximum absolute atomic E-state index is 6.32. The molecule has 0 fully saturated rings. The number of ether oxygens (including phenoxy) is 1. The number of rotatable bonds is 5. The Hall–Kier alpha value is -1.03. The van der Waals surface area contributed by atoms with Gasteiger partial charge in [0.25, 0.3) is 0 Å². The first kappa shape index (κ1) is 16.3. The van der Waals surface area contributed by atoms with Gasteiger partial charge in [-0.15, -0.1) is 0 Å². The molecule has 1 unspecified atom stereocenters. The lowest BCUT2D eigenvalue weighted by Crippen LogP contribution is -2.21. The Bertz CT molecular complexity index is 630. The molecule has 1 atom stereocenters. The van der Waals surface area contributed by atoms with Gasteiger partial charge in [-0.1, -0.05) is 46.6 Å². The minimum atomic E-state index is 0.0795. The number of nitrogens with two attached hydrogens (primary N) is 1. The molecule has 0 amide bonds. The second-order valence-corrected chi connectivity index (χ2v) is 6.42. The number of benzene rings is 2. The summed E-state index contributed by atoms with van der Waals surface area (Å²) in [7, 11) is 0. The molecule has 112 valence electrons. The lowest BCUT2D eigenvalue weighted by Gasteiger charge is -2.16. The Morgan fingerprint density at radius 1 is 1.24 bits per heavy atom. The summed E-state index contributed by atoms with van der Waals surface area (Å²) < 4.78 is 7.06. The van der Waals surface area contributed by atoms with Crippen LogP contribution in [0.2, 0.25) is 5.02 Å². The average molecular weight is 369 g/mol. The van der Waals surface area contributed by atoms with Gasteiger partial charge >= 0.3 is 0 Å². The topological polar surface area (TPSA) is 35.2 Å². The Labute approximate surface area is 139 Å². The van der Waals surface area contributed by atoms with E-state index in [1.807, 2.05) is 43.3 Å². The highest BCUT2D eigenvalue weighted by atomic mass is 79.9. The molecule has 0 saturated heterocycles. The molecule has 2 N–H and O–H groups in total. The number of halogens is 2. The van der Waals surface area contributed by atoms with Crippen LogP contribution in [0.1, 0.15) is 24.5 Å². The standard InChI is InChI=1S/C17H19BrClNO/c1-3-13(20)10-14-15(19)5-4-6-16(14)21-17-9-12(18)8-7-11(17)2/h4-9,13H,3,10,20H2,1-2H3. The Morgan fingerprint density at radius 2 is 2.00 bits per heavy atom. The van der Waals surface area contributed by atoms with Crippen molar-refractivity contribution in [1.29, 1.82) is 0 Å². The van der Waals surface area contributed by atoms with Gasteiger partial charge in [-0.25, -0.2) is 0 Å². The average Bonchev–Trinajstić information content (AvgIpc) is 2.46. The summed E-state index contributed by atoms with van der Waals surface area (Å²) in [5.41, 5.74) is 8.11. The monoisotopic (exact) mass is 367 g/mol. The molecule has 0 saturated carbocycles. The van der Waals surface area contributed by atoms with Crippen molar-refractivity contribution in [2.75, 3.05) is 0 Å². The van der Waals surface area contributed by atoms with Gasteiger partial charge in [-0.3, -0.25) is 0 Å². The summed E-state index contributed by atoms with van der Waals surface area (Å²) in [5, 5.41) is 0.698. The molecule has 0 spiro atoms. The van der Waals surface area contributed by atoms with E-state index in [9.17, 15) is 0 Å². The maximum atomic E-state index is 6.32. The van der Waals surface area contributed by atoms with Crippen molar-refractivity contribution in [3.63, 3.8) is 0 Å². The van der Waals surface area contributed by atoms with Gasteiger partial charge in [0.15, 0.2) is 0 Å². The van der Waals surface area contributed by atoms with E-state index in [0.29, 0.717) is 11.4 Å². The van der Waals surface area contributed by atoms with E-state index in [-0.39, 0.29) is 6.04 Å². The molecule has 2 aromatic rings. The normalized spacial score (nSPS) is 12.2. The molecule has 0 aliphatic heterocycles. The molecular weight excluding hydrogens is 350 g/mol. The Balaban J connectivity index is 2.35. The van der Waals surface area contributed by atoms with Crippen LogP contribution in [0, 0.1) is 6.92 Å². The van der Waals surface area contributed by atoms with Crippen LogP contribution in [0.25, 0.3) is 0 Å². The zero-order chi connectivity index (χ0) is 15.4. The van der Waals surface area contributed by atoms with E-state index < -0.39 is 0 Å². The fourth-order valence-corrected chi connectivity index (χ4v) is 2.62. The molecule has 2 aromatic carbocycles. The summed E-state index contributed by atoms with van der Waals surface area (Å²) in [4.78, 5) is 0. The van der Waals surface area contributed by atoms with Crippen molar-refractivity contribution in [2.24, 2.45) is 5.73 Å². The van der Waals surface area contributed by atoms with E-state index in [2.05, 4.69) is 22.9 Å². The molecule has 2 rings (SSSR count). The highest BCUT2D eigenvalue weighted by Crippen LogP contribution is 2.34. The van der Waals surface area contributed by atoms with E-state index >= 15 is 0 Å². The van der Waals surface area contributed by atoms with Crippen molar-refractivity contribution in [3.05, 3.63) is 57.0 Å². The second-order valence-electron chi connectivity index (χ2n) is 5.10. The van der Waals surface area contributed by atoms with Crippen molar-refractivity contribution in [2.45, 2.75) is 32.7 Å². The molecule has 0 heterocycles. The van der Waals surface area contributed by atoms with Gasteiger partial charge in [-0.05, 0) is 49.6 Å². The number of hydrogen-bond acceptors (Lipinski definition) is 2. The quantitative estimate of drug-likeness (QED) is 0.758. The van der Waals surface area contributed by atoms with Gasteiger partial charge in [0, 0.05) is 21.1 Å². The predicted molar refractivity (Wildman–Crippen MR) is 92.4 cm³/mol. The fourth-order valence-electron chi connectivity index (χ4n) is 2.04. The smallest absolute Gasteiger partial charge is 0.132 e. The van der Waals surface area contributed by atoms with Crippen LogP contribution in [0.15, 0.2) is 40.9 Å². The largest absolute Gasteiger partial charge is 0.457 e. The Kier molecular flexibility index (Phi) is 5.68. The third-order valence-corrected chi connectivity index (χ3v) is 4.28. The molecule has 0 radical (unpaired) electrons. The van der Waals surface area contributed by atoms with Gasteiger partial charge in [0.05, 0.1) is 0 Å². The van der Waals surface area contributed by atoms with Gasteiger partial charge in [0.2, 0.25) is 0 Å². The van der Waals surface area contributed by atoms with Crippen LogP contribution < -0.4 is 10.5 Å². The van der Waals surface area contributed by atoms with Gasteiger partial charge in [-0.2, -0.15) is 0 Å². The zero-order valence-electron chi connectivity index (χ0n) is 12.2. The SMILES string of the molecule is CCC(N)Cc1c(Cl)cccc1Oc1cc(Br)ccc1C. The van der Waals surface area contributed by atoms with Crippen LogP contribution in [0.5, 0.6) is 11.5 Å². The van der Waals surface area contributed by atoms with Crippen LogP contribution in [-0.2, 0) is 6.42 Å². The first-order valence-corrected chi connectivity index (χ1v) is 8.15. The molecule has 21 heavy (non-hydrogen) atoms. The van der Waals surface area contributed by atoms with Crippen LogP contribution in [0.3, 0.4) is 0 Å². The third-order valence-electron chi connectivity index (χ3n) is 3.44. The molecule has 4 heteroatoms. The molecule has 0 aromatic heterocycles. The molecule has 0 bridgehead atoms. The first-order chi connectivity index (χ1) is 10.0. The van der Waals surface area contributed by atoms with E-state index in [0.717, 1.165) is 33.5 Å². The maximum Gasteiger partial charge on any atom is 0.132 e. The van der Waals surface area contributed by atoms with Crippen LogP contribution in [-0.4, -0.2) is 6.04 Å². The fraction of sp³-hybridized carbons (Fsp3) is 0.294. The summed E-state index contributed by atoms with van der Waals surface area (Å²) in [6.07, 6.45) is 1.61. The van der Waals surface area contributed by atoms with Crippen molar-refractivity contribution < 1.29 is 4.74 Å². The molecule has 2 nitrogen and oxygen atoms in total. The molecular formula is C17H19BrClNO. The first-order valence-electron chi connectivity index (χ1n) is 6.98. The minimum Gasteiger partial charge on any atom is -0.457 e. The third kappa shape index (κ3) is 4.22. The van der Waals surface area contributed by atoms with E-state index in [4.69, 9.17) is 22.1 Å². The van der Waals surface area contributed by atoms with Crippen molar-refractivity contribution >= 4 is 27.5 Å². The number of aryl methyl sites for hydroxylation is 1. The van der Waals surface area contributed by atoms with Crippen LogP contribution in [0.4, 0.5) is 0 Å². The highest BCUT2D eigenvalue weighted by molar-refractivity contribution is 9.10. The number of hydrogen-bond donors (Lipinski definition) is 1. The Morgan fingerprint density at radius 3 is 2.71 bits per heavy atom. The molecule has 0 aliphatic rings.